The highest BCUT2D eigenvalue weighted by Crippen LogP contribution is 2.15. The number of aryl methyl sites for hydroxylation is 1. The van der Waals surface area contributed by atoms with E-state index in [4.69, 9.17) is 4.74 Å². The summed E-state index contributed by atoms with van der Waals surface area (Å²) in [5.41, 5.74) is 3.57. The van der Waals surface area contributed by atoms with Crippen LogP contribution in [0.1, 0.15) is 41.3 Å². The lowest BCUT2D eigenvalue weighted by Gasteiger charge is -2.08. The van der Waals surface area contributed by atoms with Crippen molar-refractivity contribution in [3.05, 3.63) is 65.2 Å². The van der Waals surface area contributed by atoms with E-state index in [9.17, 15) is 9.59 Å². The van der Waals surface area contributed by atoms with Gasteiger partial charge in [0.15, 0.2) is 5.78 Å². The highest BCUT2D eigenvalue weighted by molar-refractivity contribution is 5.97. The van der Waals surface area contributed by atoms with Crippen LogP contribution in [0.2, 0.25) is 0 Å². The fraction of sp³-hybridized carbons (Fsp3) is 0.300. The maximum atomic E-state index is 12.1. The Bertz CT molecular complexity index is 705. The molecule has 0 aliphatic rings. The third kappa shape index (κ3) is 5.32. The minimum absolute atomic E-state index is 0.109. The summed E-state index contributed by atoms with van der Waals surface area (Å²) in [6, 6.07) is 15.0. The largest absolute Gasteiger partial charge is 0.363 e. The van der Waals surface area contributed by atoms with E-state index in [1.54, 1.807) is 12.1 Å². The molecule has 2 aromatic carbocycles. The van der Waals surface area contributed by atoms with Crippen molar-refractivity contribution >= 4 is 17.4 Å². The number of benzene rings is 2. The van der Waals surface area contributed by atoms with E-state index in [2.05, 4.69) is 19.2 Å². The summed E-state index contributed by atoms with van der Waals surface area (Å²) in [5.74, 6) is 0.0212. The maximum Gasteiger partial charge on any atom is 0.250 e. The van der Waals surface area contributed by atoms with Crippen LogP contribution in [0.25, 0.3) is 0 Å². The molecule has 4 heteroatoms. The van der Waals surface area contributed by atoms with Gasteiger partial charge in [-0.1, -0.05) is 50.2 Å². The predicted octanol–water partition coefficient (Wildman–Crippen LogP) is 3.96. The third-order valence-electron chi connectivity index (χ3n) is 3.67. The van der Waals surface area contributed by atoms with Gasteiger partial charge in [0.05, 0.1) is 0 Å². The number of rotatable bonds is 7. The molecule has 1 amide bonds. The van der Waals surface area contributed by atoms with E-state index in [0.717, 1.165) is 11.3 Å². The molecule has 2 aromatic rings. The average molecular weight is 325 g/mol. The Morgan fingerprint density at radius 1 is 1.04 bits per heavy atom. The summed E-state index contributed by atoms with van der Waals surface area (Å²) < 4.78 is 5.23. The van der Waals surface area contributed by atoms with Gasteiger partial charge in [-0.15, -0.1) is 0 Å². The summed E-state index contributed by atoms with van der Waals surface area (Å²) in [5, 5.41) is 2.74. The van der Waals surface area contributed by atoms with E-state index in [0.29, 0.717) is 11.5 Å². The second-order valence-corrected chi connectivity index (χ2v) is 6.11. The van der Waals surface area contributed by atoms with E-state index < -0.39 is 0 Å². The number of Topliss-reactive ketones (excluding diaryl/α,β-unsaturated/α-hetero) is 1. The Balaban J connectivity index is 1.78. The fourth-order valence-corrected chi connectivity index (χ4v) is 2.29. The summed E-state index contributed by atoms with van der Waals surface area (Å²) in [6.45, 7) is 5.90. The molecule has 0 heterocycles. The molecule has 0 aliphatic heterocycles. The predicted molar refractivity (Wildman–Crippen MR) is 95.5 cm³/mol. The van der Waals surface area contributed by atoms with Crippen molar-refractivity contribution in [2.75, 3.05) is 18.5 Å². The van der Waals surface area contributed by atoms with Crippen LogP contribution in [0.3, 0.4) is 0 Å². The molecule has 1 N–H and O–H groups in total. The first-order valence-electron chi connectivity index (χ1n) is 8.03. The van der Waals surface area contributed by atoms with Crippen LogP contribution in [-0.2, 0) is 9.53 Å². The number of carbonyl (C=O) groups is 2. The van der Waals surface area contributed by atoms with Gasteiger partial charge in [-0.25, -0.2) is 0 Å². The molecule has 4 nitrogen and oxygen atoms in total. The molecule has 0 spiro atoms. The lowest BCUT2D eigenvalue weighted by Crippen LogP contribution is -2.21. The Labute approximate surface area is 142 Å². The summed E-state index contributed by atoms with van der Waals surface area (Å²) in [7, 11) is 0. The van der Waals surface area contributed by atoms with Crippen LogP contribution in [-0.4, -0.2) is 24.9 Å². The molecule has 0 saturated heterocycles. The van der Waals surface area contributed by atoms with Crippen LogP contribution in [0.5, 0.6) is 0 Å². The van der Waals surface area contributed by atoms with Gasteiger partial charge < -0.3 is 10.1 Å². The summed E-state index contributed by atoms with van der Waals surface area (Å²) >= 11 is 0. The minimum atomic E-state index is -0.274. The van der Waals surface area contributed by atoms with Crippen molar-refractivity contribution in [2.24, 2.45) is 0 Å². The van der Waals surface area contributed by atoms with E-state index in [1.165, 1.54) is 5.56 Å². The third-order valence-corrected chi connectivity index (χ3v) is 3.67. The van der Waals surface area contributed by atoms with Crippen molar-refractivity contribution in [3.8, 4) is 0 Å². The molecule has 0 aliphatic carbocycles. The first-order chi connectivity index (χ1) is 11.5. The summed E-state index contributed by atoms with van der Waals surface area (Å²) in [6.07, 6.45) is 0. The zero-order chi connectivity index (χ0) is 17.5. The second-order valence-electron chi connectivity index (χ2n) is 6.11. The zero-order valence-electron chi connectivity index (χ0n) is 14.3. The van der Waals surface area contributed by atoms with Gasteiger partial charge in [0.25, 0.3) is 0 Å². The molecule has 0 unspecified atom stereocenters. The number of nitrogens with one attached hydrogen (secondary N) is 1. The minimum Gasteiger partial charge on any atom is -0.363 e. The molecule has 0 bridgehead atoms. The first kappa shape index (κ1) is 17.9. The van der Waals surface area contributed by atoms with Gasteiger partial charge >= 0.3 is 0 Å². The van der Waals surface area contributed by atoms with Crippen molar-refractivity contribution < 1.29 is 14.3 Å². The van der Waals surface area contributed by atoms with Crippen LogP contribution >= 0.6 is 0 Å². The number of hydrogen-bond acceptors (Lipinski definition) is 3. The molecule has 0 aromatic heterocycles. The van der Waals surface area contributed by atoms with Crippen LogP contribution in [0.15, 0.2) is 48.5 Å². The Morgan fingerprint density at radius 2 is 1.75 bits per heavy atom. The summed E-state index contributed by atoms with van der Waals surface area (Å²) in [4.78, 5) is 23.9. The van der Waals surface area contributed by atoms with Gasteiger partial charge in [-0.2, -0.15) is 0 Å². The van der Waals surface area contributed by atoms with Crippen LogP contribution < -0.4 is 5.32 Å². The van der Waals surface area contributed by atoms with Crippen LogP contribution in [0.4, 0.5) is 5.69 Å². The number of amides is 1. The second kappa shape index (κ2) is 8.41. The molecule has 0 fully saturated rings. The highest BCUT2D eigenvalue weighted by Gasteiger charge is 2.09. The average Bonchev–Trinajstić information content (AvgIpc) is 2.54. The van der Waals surface area contributed by atoms with E-state index >= 15 is 0 Å². The Hall–Kier alpha value is -2.46. The van der Waals surface area contributed by atoms with Crippen molar-refractivity contribution in [1.29, 1.82) is 0 Å². The van der Waals surface area contributed by atoms with Gasteiger partial charge in [0, 0.05) is 11.3 Å². The molecule has 0 radical (unpaired) electrons. The molecule has 0 atom stereocenters. The number of ether oxygens (including phenoxy) is 1. The lowest BCUT2D eigenvalue weighted by molar-refractivity contribution is -0.120. The van der Waals surface area contributed by atoms with E-state index in [-0.39, 0.29) is 24.9 Å². The van der Waals surface area contributed by atoms with Crippen molar-refractivity contribution in [2.45, 2.75) is 26.7 Å². The lowest BCUT2D eigenvalue weighted by atomic mass is 10.0. The standard InChI is InChI=1S/C20H23NO3/c1-14(2)16-7-9-17(10-8-16)19(22)12-24-13-20(23)21-18-6-4-5-15(3)11-18/h4-11,14H,12-13H2,1-3H3,(H,21,23). The smallest absolute Gasteiger partial charge is 0.250 e. The number of carbonyl (C=O) groups excluding carboxylic acids is 2. The molecular formula is C20H23NO3. The number of ketones is 1. The monoisotopic (exact) mass is 325 g/mol. The zero-order valence-corrected chi connectivity index (χ0v) is 14.3. The fourth-order valence-electron chi connectivity index (χ4n) is 2.29. The molecule has 126 valence electrons. The quantitative estimate of drug-likeness (QED) is 0.784. The topological polar surface area (TPSA) is 55.4 Å². The van der Waals surface area contributed by atoms with Gasteiger partial charge in [0.1, 0.15) is 13.2 Å². The Morgan fingerprint density at radius 3 is 2.38 bits per heavy atom. The highest BCUT2D eigenvalue weighted by atomic mass is 16.5. The number of hydrogen-bond donors (Lipinski definition) is 1. The molecular weight excluding hydrogens is 302 g/mol. The van der Waals surface area contributed by atoms with Crippen LogP contribution in [0, 0.1) is 6.92 Å². The first-order valence-corrected chi connectivity index (χ1v) is 8.03. The van der Waals surface area contributed by atoms with E-state index in [1.807, 2.05) is 43.3 Å². The molecule has 24 heavy (non-hydrogen) atoms. The van der Waals surface area contributed by atoms with Gasteiger partial charge in [-0.3, -0.25) is 9.59 Å². The number of anilines is 1. The SMILES string of the molecule is Cc1cccc(NC(=O)COCC(=O)c2ccc(C(C)C)cc2)c1. The maximum absolute atomic E-state index is 12.1. The normalized spacial score (nSPS) is 10.7. The Kier molecular flexibility index (Phi) is 6.27. The van der Waals surface area contributed by atoms with Crippen molar-refractivity contribution in [3.63, 3.8) is 0 Å². The van der Waals surface area contributed by atoms with Gasteiger partial charge in [0.2, 0.25) is 5.91 Å². The molecule has 2 rings (SSSR count). The van der Waals surface area contributed by atoms with Crippen molar-refractivity contribution in [1.82, 2.24) is 0 Å². The molecule has 0 saturated carbocycles. The van der Waals surface area contributed by atoms with Gasteiger partial charge in [-0.05, 0) is 36.1 Å².